The Labute approximate surface area is 168 Å². The van der Waals surface area contributed by atoms with E-state index in [9.17, 15) is 0 Å². The summed E-state index contributed by atoms with van der Waals surface area (Å²) in [7, 11) is 0. The van der Waals surface area contributed by atoms with Gasteiger partial charge in [0.15, 0.2) is 0 Å². The number of rotatable bonds is 4. The number of hydrogen-bond acceptors (Lipinski definition) is 0. The predicted molar refractivity (Wildman–Crippen MR) is 124 cm³/mol. The van der Waals surface area contributed by atoms with E-state index in [4.69, 9.17) is 0 Å². The van der Waals surface area contributed by atoms with Crippen molar-refractivity contribution in [2.24, 2.45) is 0 Å². The zero-order chi connectivity index (χ0) is 18.8. The third kappa shape index (κ3) is 2.89. The van der Waals surface area contributed by atoms with Crippen molar-refractivity contribution in [2.75, 3.05) is 0 Å². The average Bonchev–Trinajstić information content (AvgIpc) is 2.76. The summed E-state index contributed by atoms with van der Waals surface area (Å²) in [6.07, 6.45) is 0. The first kappa shape index (κ1) is 18.5. The molecule has 4 aromatic rings. The first-order valence-corrected chi connectivity index (χ1v) is 19.9. The van der Waals surface area contributed by atoms with Crippen molar-refractivity contribution in [1.82, 2.24) is 0 Å². The fraction of sp³-hybridized carbons (Fsp3) is 0.0400. The van der Waals surface area contributed by atoms with Gasteiger partial charge in [-0.05, 0) is 0 Å². The molecule has 0 N–H and O–H groups in total. The van der Waals surface area contributed by atoms with Crippen molar-refractivity contribution >= 4 is 41.8 Å². The van der Waals surface area contributed by atoms with E-state index in [1.807, 2.05) is 0 Å². The van der Waals surface area contributed by atoms with Crippen LogP contribution in [0.3, 0.4) is 0 Å². The van der Waals surface area contributed by atoms with Crippen LogP contribution in [0.2, 0.25) is 0 Å². The van der Waals surface area contributed by atoms with Gasteiger partial charge in [0.25, 0.3) is 0 Å². The van der Waals surface area contributed by atoms with Gasteiger partial charge in [0.2, 0.25) is 0 Å². The molecule has 0 bridgehead atoms. The summed E-state index contributed by atoms with van der Waals surface area (Å²) in [6.45, 7) is 2.15. The second kappa shape index (κ2) is 7.30. The molecule has 4 aromatic carbocycles. The zero-order valence-corrected chi connectivity index (χ0v) is 19.4. The van der Waals surface area contributed by atoms with Gasteiger partial charge in [-0.15, -0.1) is 0 Å². The molecule has 0 aliphatic heterocycles. The second-order valence-corrected chi connectivity index (χ2v) is 28.0. The van der Waals surface area contributed by atoms with Gasteiger partial charge in [-0.1, -0.05) is 0 Å². The number of hydrogen-bond donors (Lipinski definition) is 0. The van der Waals surface area contributed by atoms with Gasteiger partial charge in [0.1, 0.15) is 0 Å². The van der Waals surface area contributed by atoms with E-state index in [0.717, 1.165) is 0 Å². The summed E-state index contributed by atoms with van der Waals surface area (Å²) in [4.78, 5) is 0. The molecule has 0 spiro atoms. The Balaban J connectivity index is 2.22. The summed E-state index contributed by atoms with van der Waals surface area (Å²) in [5, 5.41) is 0. The van der Waals surface area contributed by atoms with Gasteiger partial charge < -0.3 is 0 Å². The van der Waals surface area contributed by atoms with Gasteiger partial charge in [-0.3, -0.25) is 0 Å². The predicted octanol–water partition coefficient (Wildman–Crippen LogP) is 4.22. The van der Waals surface area contributed by atoms with Gasteiger partial charge in [-0.25, -0.2) is 0 Å². The van der Waals surface area contributed by atoms with Crippen molar-refractivity contribution < 1.29 is 0 Å². The molecule has 0 nitrogen and oxygen atoms in total. The fourth-order valence-electron chi connectivity index (χ4n) is 3.84. The molecule has 0 saturated heterocycles. The quantitative estimate of drug-likeness (QED) is 0.351. The van der Waals surface area contributed by atoms with Crippen LogP contribution in [0.5, 0.6) is 0 Å². The van der Waals surface area contributed by atoms with Gasteiger partial charge in [-0.2, -0.15) is 0 Å². The maximum absolute atomic E-state index is 4.55. The summed E-state index contributed by atoms with van der Waals surface area (Å²) in [6, 6.07) is 42.1. The molecule has 0 saturated carbocycles. The number of aryl methyl sites for hydroxylation is 1. The van der Waals surface area contributed by atoms with Crippen molar-refractivity contribution in [3.05, 3.63) is 121 Å². The molecule has 0 fully saturated rings. The van der Waals surface area contributed by atoms with E-state index in [1.165, 1.54) is 19.6 Å². The van der Waals surface area contributed by atoms with Crippen LogP contribution in [0.15, 0.2) is 115 Å². The van der Waals surface area contributed by atoms with Crippen molar-refractivity contribution in [2.45, 2.75) is 6.92 Å². The standard InChI is InChI=1S/C7H7.3C6H5.BrH.Sb/c1-7-5-3-2-4-6-7;3*1-2-4-6-5-3-1;;/h3-6H,1H3;3*1-5H;1H;/q;;;;;+1/p-1. The Morgan fingerprint density at radius 1 is 0.444 bits per heavy atom. The van der Waals surface area contributed by atoms with E-state index < -0.39 is 15.1 Å². The average molecular weight is 524 g/mol. The normalized spacial score (nSPS) is 12.9. The molecule has 134 valence electrons. The van der Waals surface area contributed by atoms with Crippen LogP contribution in [0.25, 0.3) is 0 Å². The molecular formula is C25H22BrSb. The number of halogens is 1. The summed E-state index contributed by atoms with van der Waals surface area (Å²) in [5.41, 5.74) is 1.28. The zero-order valence-electron chi connectivity index (χ0n) is 15.3. The van der Waals surface area contributed by atoms with Crippen LogP contribution < -0.4 is 14.0 Å². The molecule has 4 rings (SSSR count). The third-order valence-electron chi connectivity index (χ3n) is 5.24. The Morgan fingerprint density at radius 3 is 1.07 bits per heavy atom. The molecule has 0 atom stereocenters. The molecular weight excluding hydrogens is 502 g/mol. The van der Waals surface area contributed by atoms with Crippen LogP contribution >= 0.6 is 12.6 Å². The van der Waals surface area contributed by atoms with Crippen LogP contribution in [0.4, 0.5) is 0 Å². The van der Waals surface area contributed by atoms with Crippen LogP contribution in [-0.4, -0.2) is 15.1 Å². The SMILES string of the molecule is Cc1cc[c]([Sb]([Br])([c]2ccccc2)([c]2ccccc2)[c]2ccccc2)cc1. The Hall–Kier alpha value is -1.82. The Morgan fingerprint density at radius 2 is 0.741 bits per heavy atom. The van der Waals surface area contributed by atoms with E-state index in [2.05, 4.69) is 135 Å². The fourth-order valence-corrected chi connectivity index (χ4v) is 23.6. The molecule has 0 radical (unpaired) electrons. The van der Waals surface area contributed by atoms with Gasteiger partial charge in [0, 0.05) is 0 Å². The van der Waals surface area contributed by atoms with E-state index in [1.54, 1.807) is 0 Å². The van der Waals surface area contributed by atoms with Gasteiger partial charge in [0.05, 0.1) is 0 Å². The topological polar surface area (TPSA) is 0 Å². The van der Waals surface area contributed by atoms with Crippen LogP contribution in [0, 0.1) is 6.92 Å². The summed E-state index contributed by atoms with van der Waals surface area (Å²) in [5.74, 6) is 0. The van der Waals surface area contributed by atoms with Crippen LogP contribution in [0.1, 0.15) is 5.56 Å². The second-order valence-electron chi connectivity index (χ2n) is 6.85. The Kier molecular flexibility index (Phi) is 5.01. The van der Waals surface area contributed by atoms with E-state index in [-0.39, 0.29) is 0 Å². The molecule has 0 amide bonds. The summed E-state index contributed by atoms with van der Waals surface area (Å²) < 4.78 is 5.53. The van der Waals surface area contributed by atoms with Crippen molar-refractivity contribution in [3.8, 4) is 0 Å². The molecule has 27 heavy (non-hydrogen) atoms. The molecule has 0 unspecified atom stereocenters. The molecule has 2 heteroatoms. The first-order chi connectivity index (χ1) is 13.1. The summed E-state index contributed by atoms with van der Waals surface area (Å²) >= 11 is 0.435. The molecule has 0 heterocycles. The maximum atomic E-state index is 4.55. The minimum absolute atomic E-state index is 1.28. The van der Waals surface area contributed by atoms with E-state index >= 15 is 0 Å². The van der Waals surface area contributed by atoms with Gasteiger partial charge >= 0.3 is 170 Å². The molecule has 0 aliphatic rings. The van der Waals surface area contributed by atoms with Crippen molar-refractivity contribution in [1.29, 1.82) is 0 Å². The molecule has 0 aromatic heterocycles. The Bertz CT molecular complexity index is 927. The van der Waals surface area contributed by atoms with E-state index in [0.29, 0.717) is 0 Å². The monoisotopic (exact) mass is 522 g/mol. The first-order valence-electron chi connectivity index (χ1n) is 9.12. The van der Waals surface area contributed by atoms with Crippen LogP contribution in [-0.2, 0) is 0 Å². The minimum atomic E-state index is -4.12. The number of benzene rings is 4. The third-order valence-corrected chi connectivity index (χ3v) is 30.7. The van der Waals surface area contributed by atoms with Crippen molar-refractivity contribution in [3.63, 3.8) is 0 Å². The molecule has 0 aliphatic carbocycles.